The zero-order chi connectivity index (χ0) is 21.6. The summed E-state index contributed by atoms with van der Waals surface area (Å²) in [6.07, 6.45) is 3.42. The molecular weight excluding hydrogens is 402 g/mol. The highest BCUT2D eigenvalue weighted by atomic mass is 32.2. The lowest BCUT2D eigenvalue weighted by molar-refractivity contribution is -0.125. The Balaban J connectivity index is 1.71. The highest BCUT2D eigenvalue weighted by molar-refractivity contribution is 7.92. The molecule has 7 nitrogen and oxygen atoms in total. The number of sulfonamides is 1. The number of anilines is 1. The Labute approximate surface area is 176 Å². The Morgan fingerprint density at radius 3 is 2.33 bits per heavy atom. The molecule has 1 saturated heterocycles. The average molecular weight is 426 g/mol. The number of hydrogen-bond donors (Lipinski definition) is 1. The van der Waals surface area contributed by atoms with Gasteiger partial charge < -0.3 is 9.64 Å². The van der Waals surface area contributed by atoms with Crippen molar-refractivity contribution >= 4 is 27.7 Å². The third-order valence-electron chi connectivity index (χ3n) is 4.66. The van der Waals surface area contributed by atoms with Crippen LogP contribution in [0.4, 0.5) is 5.69 Å². The topological polar surface area (TPSA) is 99.5 Å². The minimum Gasteiger partial charge on any atom is -0.494 e. The molecule has 1 fully saturated rings. The molecule has 0 aromatic heterocycles. The van der Waals surface area contributed by atoms with Gasteiger partial charge in [0.05, 0.1) is 11.5 Å². The molecule has 0 spiro atoms. The molecule has 1 heterocycles. The van der Waals surface area contributed by atoms with Crippen LogP contribution in [0.2, 0.25) is 0 Å². The van der Waals surface area contributed by atoms with Gasteiger partial charge in [-0.3, -0.25) is 9.52 Å². The lowest BCUT2D eigenvalue weighted by Gasteiger charge is -2.14. The summed E-state index contributed by atoms with van der Waals surface area (Å²) in [5.41, 5.74) is 1.09. The molecule has 2 aromatic carbocycles. The maximum atomic E-state index is 12.6. The molecule has 1 amide bonds. The van der Waals surface area contributed by atoms with Crippen LogP contribution in [0.3, 0.4) is 0 Å². The van der Waals surface area contributed by atoms with E-state index in [4.69, 9.17) is 4.74 Å². The molecule has 1 aliphatic rings. The second-order valence-electron chi connectivity index (χ2n) is 6.80. The zero-order valence-electron chi connectivity index (χ0n) is 16.7. The molecule has 30 heavy (non-hydrogen) atoms. The van der Waals surface area contributed by atoms with E-state index < -0.39 is 10.0 Å². The molecule has 1 aliphatic heterocycles. The second kappa shape index (κ2) is 9.46. The Hall–Kier alpha value is -3.31. The van der Waals surface area contributed by atoms with Gasteiger partial charge in [0.25, 0.3) is 15.9 Å². The lowest BCUT2D eigenvalue weighted by atomic mass is 10.1. The molecule has 0 saturated carbocycles. The van der Waals surface area contributed by atoms with Crippen molar-refractivity contribution in [2.45, 2.75) is 24.7 Å². The van der Waals surface area contributed by atoms with Gasteiger partial charge in [0.1, 0.15) is 17.4 Å². The maximum Gasteiger partial charge on any atom is 0.264 e. The van der Waals surface area contributed by atoms with E-state index in [9.17, 15) is 18.5 Å². The van der Waals surface area contributed by atoms with Crippen LogP contribution in [0.5, 0.6) is 5.75 Å². The number of nitriles is 1. The molecule has 8 heteroatoms. The average Bonchev–Trinajstić information content (AvgIpc) is 3.28. The van der Waals surface area contributed by atoms with Crippen molar-refractivity contribution in [3.8, 4) is 11.8 Å². The number of nitrogens with one attached hydrogen (secondary N) is 1. The fourth-order valence-corrected chi connectivity index (χ4v) is 4.20. The van der Waals surface area contributed by atoms with Crippen LogP contribution < -0.4 is 9.46 Å². The molecule has 0 atom stereocenters. The number of carbonyl (C=O) groups is 1. The number of hydrogen-bond acceptors (Lipinski definition) is 5. The van der Waals surface area contributed by atoms with Gasteiger partial charge >= 0.3 is 0 Å². The number of rotatable bonds is 7. The third-order valence-corrected chi connectivity index (χ3v) is 6.06. The number of likely N-dealkylation sites (tertiary alicyclic amines) is 1. The van der Waals surface area contributed by atoms with Gasteiger partial charge in [0.15, 0.2) is 0 Å². The highest BCUT2D eigenvalue weighted by Gasteiger charge is 2.21. The Morgan fingerprint density at radius 1 is 1.13 bits per heavy atom. The van der Waals surface area contributed by atoms with E-state index in [1.54, 1.807) is 41.3 Å². The third kappa shape index (κ3) is 5.19. The van der Waals surface area contributed by atoms with Crippen LogP contribution >= 0.6 is 0 Å². The molecule has 1 N–H and O–H groups in total. The second-order valence-corrected chi connectivity index (χ2v) is 8.48. The van der Waals surface area contributed by atoms with Crippen LogP contribution in [0.15, 0.2) is 59.0 Å². The summed E-state index contributed by atoms with van der Waals surface area (Å²) in [5.74, 6) is 0.333. The van der Waals surface area contributed by atoms with Crippen LogP contribution in [-0.4, -0.2) is 38.9 Å². The van der Waals surface area contributed by atoms with Gasteiger partial charge in [0.2, 0.25) is 0 Å². The molecule has 156 valence electrons. The Kier molecular flexibility index (Phi) is 6.75. The molecule has 3 rings (SSSR count). The molecule has 0 aliphatic carbocycles. The van der Waals surface area contributed by atoms with E-state index in [0.717, 1.165) is 12.8 Å². The van der Waals surface area contributed by atoms with E-state index >= 15 is 0 Å². The SMILES string of the molecule is CCOc1ccc(S(=O)(=O)Nc2ccc(C=C(C#N)C(=O)N3CCCC3)cc2)cc1. The molecule has 0 bridgehead atoms. The van der Waals surface area contributed by atoms with E-state index in [1.165, 1.54) is 18.2 Å². The van der Waals surface area contributed by atoms with Gasteiger partial charge in [-0.25, -0.2) is 8.42 Å². The van der Waals surface area contributed by atoms with E-state index in [2.05, 4.69) is 4.72 Å². The smallest absolute Gasteiger partial charge is 0.264 e. The molecular formula is C22H23N3O4S. The molecule has 0 radical (unpaired) electrons. The van der Waals surface area contributed by atoms with Crippen molar-refractivity contribution < 1.29 is 17.9 Å². The number of benzene rings is 2. The summed E-state index contributed by atoms with van der Waals surface area (Å²) in [4.78, 5) is 14.2. The minimum atomic E-state index is -3.74. The minimum absolute atomic E-state index is 0.0691. The first-order valence-electron chi connectivity index (χ1n) is 9.70. The number of ether oxygens (including phenoxy) is 1. The fourth-order valence-electron chi connectivity index (χ4n) is 3.14. The van der Waals surface area contributed by atoms with Crippen LogP contribution in [-0.2, 0) is 14.8 Å². The first-order chi connectivity index (χ1) is 14.4. The summed E-state index contributed by atoms with van der Waals surface area (Å²) >= 11 is 0. The largest absolute Gasteiger partial charge is 0.494 e. The van der Waals surface area contributed by atoms with E-state index in [1.807, 2.05) is 13.0 Å². The van der Waals surface area contributed by atoms with Crippen LogP contribution in [0.1, 0.15) is 25.3 Å². The van der Waals surface area contributed by atoms with E-state index in [-0.39, 0.29) is 16.4 Å². The van der Waals surface area contributed by atoms with Gasteiger partial charge in [-0.2, -0.15) is 5.26 Å². The lowest BCUT2D eigenvalue weighted by Crippen LogP contribution is -2.28. The number of carbonyl (C=O) groups excluding carboxylic acids is 1. The number of nitrogens with zero attached hydrogens (tertiary/aromatic N) is 2. The first kappa shape index (κ1) is 21.4. The van der Waals surface area contributed by atoms with Crippen molar-refractivity contribution in [2.24, 2.45) is 0 Å². The molecule has 0 unspecified atom stereocenters. The molecule has 2 aromatic rings. The van der Waals surface area contributed by atoms with Gasteiger partial charge in [-0.15, -0.1) is 0 Å². The Morgan fingerprint density at radius 2 is 1.77 bits per heavy atom. The summed E-state index contributed by atoms with van der Waals surface area (Å²) in [5, 5.41) is 9.34. The van der Waals surface area contributed by atoms with Crippen molar-refractivity contribution in [2.75, 3.05) is 24.4 Å². The van der Waals surface area contributed by atoms with Gasteiger partial charge in [-0.1, -0.05) is 12.1 Å². The van der Waals surface area contributed by atoms with Crippen molar-refractivity contribution in [3.05, 3.63) is 59.7 Å². The van der Waals surface area contributed by atoms with Crippen LogP contribution in [0.25, 0.3) is 6.08 Å². The van der Waals surface area contributed by atoms with Crippen molar-refractivity contribution in [3.63, 3.8) is 0 Å². The number of amides is 1. The summed E-state index contributed by atoms with van der Waals surface area (Å²) < 4.78 is 33.0. The monoisotopic (exact) mass is 425 g/mol. The predicted molar refractivity (Wildman–Crippen MR) is 114 cm³/mol. The fraction of sp³-hybridized carbons (Fsp3) is 0.273. The maximum absolute atomic E-state index is 12.6. The first-order valence-corrected chi connectivity index (χ1v) is 11.2. The normalized spacial score (nSPS) is 14.3. The van der Waals surface area contributed by atoms with Gasteiger partial charge in [-0.05, 0) is 67.8 Å². The summed E-state index contributed by atoms with van der Waals surface area (Å²) in [6, 6.07) is 14.6. The highest BCUT2D eigenvalue weighted by Crippen LogP contribution is 2.21. The van der Waals surface area contributed by atoms with Crippen molar-refractivity contribution in [1.82, 2.24) is 4.90 Å². The standard InChI is InChI=1S/C22H23N3O4S/c1-2-29-20-9-11-21(12-10-20)30(27,28)24-19-7-5-17(6-8-19)15-18(16-23)22(26)25-13-3-4-14-25/h5-12,15,24H,2-4,13-14H2,1H3. The summed E-state index contributed by atoms with van der Waals surface area (Å²) in [7, 11) is -3.74. The van der Waals surface area contributed by atoms with Crippen LogP contribution in [0, 0.1) is 11.3 Å². The predicted octanol–water partition coefficient (Wildman–Crippen LogP) is 3.42. The summed E-state index contributed by atoms with van der Waals surface area (Å²) in [6.45, 7) is 3.70. The Bertz CT molecular complexity index is 1060. The van der Waals surface area contributed by atoms with Crippen molar-refractivity contribution in [1.29, 1.82) is 5.26 Å². The van der Waals surface area contributed by atoms with Gasteiger partial charge in [0, 0.05) is 18.8 Å². The zero-order valence-corrected chi connectivity index (χ0v) is 17.5. The quantitative estimate of drug-likeness (QED) is 0.541. The van der Waals surface area contributed by atoms with E-state index in [0.29, 0.717) is 36.7 Å².